The molecule has 0 unspecified atom stereocenters. The second-order valence-corrected chi connectivity index (χ2v) is 6.45. The van der Waals surface area contributed by atoms with E-state index in [9.17, 15) is 17.2 Å². The topological polar surface area (TPSA) is 64.0 Å². The Morgan fingerprint density at radius 1 is 1.32 bits per heavy atom. The van der Waals surface area contributed by atoms with Crippen LogP contribution in [0.3, 0.4) is 0 Å². The predicted molar refractivity (Wildman–Crippen MR) is 77.7 cm³/mol. The lowest BCUT2D eigenvalue weighted by atomic mass is 10.2. The first-order chi connectivity index (χ1) is 10.2. The molecule has 0 fully saturated rings. The van der Waals surface area contributed by atoms with E-state index in [1.807, 2.05) is 18.6 Å². The number of imidazole rings is 1. The SMILES string of the molecule is C#Cc1cc(F)c(NS(=O)(=O)c2cn(C(C)C)cn2)c(F)c1. The van der Waals surface area contributed by atoms with E-state index in [4.69, 9.17) is 6.42 Å². The molecule has 1 aromatic heterocycles. The van der Waals surface area contributed by atoms with Gasteiger partial charge in [-0.2, -0.15) is 8.42 Å². The number of anilines is 1. The monoisotopic (exact) mass is 325 g/mol. The molecule has 0 bridgehead atoms. The maximum absolute atomic E-state index is 13.8. The van der Waals surface area contributed by atoms with Gasteiger partial charge in [0.1, 0.15) is 5.69 Å². The number of sulfonamides is 1. The van der Waals surface area contributed by atoms with Crippen LogP contribution in [0.2, 0.25) is 0 Å². The first-order valence-corrected chi connectivity index (χ1v) is 7.75. The summed E-state index contributed by atoms with van der Waals surface area (Å²) in [7, 11) is -4.20. The summed E-state index contributed by atoms with van der Waals surface area (Å²) < 4.78 is 55.3. The zero-order valence-electron chi connectivity index (χ0n) is 11.8. The summed E-state index contributed by atoms with van der Waals surface area (Å²) in [5, 5.41) is -0.332. The molecule has 1 N–H and O–H groups in total. The Labute approximate surface area is 127 Å². The van der Waals surface area contributed by atoms with Crippen molar-refractivity contribution in [1.82, 2.24) is 9.55 Å². The van der Waals surface area contributed by atoms with Crippen molar-refractivity contribution >= 4 is 15.7 Å². The minimum atomic E-state index is -4.20. The third-order valence-corrected chi connectivity index (χ3v) is 4.13. The first kappa shape index (κ1) is 16.0. The van der Waals surface area contributed by atoms with Crippen LogP contribution in [0.4, 0.5) is 14.5 Å². The predicted octanol–water partition coefficient (Wildman–Crippen LogP) is 2.52. The molecule has 0 radical (unpaired) electrons. The fraction of sp³-hybridized carbons (Fsp3) is 0.214. The van der Waals surface area contributed by atoms with E-state index in [2.05, 4.69) is 10.9 Å². The van der Waals surface area contributed by atoms with Crippen LogP contribution in [0.15, 0.2) is 29.7 Å². The van der Waals surface area contributed by atoms with E-state index in [0.717, 1.165) is 12.1 Å². The van der Waals surface area contributed by atoms with Crippen LogP contribution in [-0.4, -0.2) is 18.0 Å². The molecular weight excluding hydrogens is 312 g/mol. The molecule has 0 aliphatic rings. The number of nitrogens with zero attached hydrogens (tertiary/aromatic N) is 2. The fourth-order valence-corrected chi connectivity index (χ4v) is 2.69. The third-order valence-electron chi connectivity index (χ3n) is 2.89. The largest absolute Gasteiger partial charge is 0.334 e. The molecule has 1 heterocycles. The van der Waals surface area contributed by atoms with Gasteiger partial charge >= 0.3 is 0 Å². The van der Waals surface area contributed by atoms with Gasteiger partial charge in [0.05, 0.1) is 6.33 Å². The minimum Gasteiger partial charge on any atom is -0.334 e. The molecule has 0 saturated carbocycles. The van der Waals surface area contributed by atoms with Crippen molar-refractivity contribution < 1.29 is 17.2 Å². The second kappa shape index (κ2) is 5.77. The van der Waals surface area contributed by atoms with Crippen molar-refractivity contribution in [3.8, 4) is 12.3 Å². The van der Waals surface area contributed by atoms with E-state index in [0.29, 0.717) is 0 Å². The van der Waals surface area contributed by atoms with Gasteiger partial charge < -0.3 is 4.57 Å². The van der Waals surface area contributed by atoms with Crippen LogP contribution < -0.4 is 4.72 Å². The van der Waals surface area contributed by atoms with Crippen molar-refractivity contribution in [3.63, 3.8) is 0 Å². The van der Waals surface area contributed by atoms with Crippen LogP contribution in [0.5, 0.6) is 0 Å². The Bertz CT molecular complexity index is 828. The lowest BCUT2D eigenvalue weighted by Gasteiger charge is -2.09. The van der Waals surface area contributed by atoms with E-state index >= 15 is 0 Å². The Morgan fingerprint density at radius 2 is 1.91 bits per heavy atom. The smallest absolute Gasteiger partial charge is 0.281 e. The van der Waals surface area contributed by atoms with Crippen molar-refractivity contribution in [1.29, 1.82) is 0 Å². The quantitative estimate of drug-likeness (QED) is 0.879. The van der Waals surface area contributed by atoms with Crippen LogP contribution >= 0.6 is 0 Å². The Balaban J connectivity index is 2.39. The molecule has 0 aliphatic heterocycles. The maximum atomic E-state index is 13.8. The maximum Gasteiger partial charge on any atom is 0.281 e. The summed E-state index contributed by atoms with van der Waals surface area (Å²) in [5.41, 5.74) is -0.819. The van der Waals surface area contributed by atoms with E-state index in [-0.39, 0.29) is 16.6 Å². The van der Waals surface area contributed by atoms with Crippen molar-refractivity contribution in [3.05, 3.63) is 41.9 Å². The second-order valence-electron chi connectivity index (χ2n) is 4.82. The molecule has 5 nitrogen and oxygen atoms in total. The number of terminal acetylenes is 1. The highest BCUT2D eigenvalue weighted by atomic mass is 32.2. The molecule has 2 aromatic rings. The summed E-state index contributed by atoms with van der Waals surface area (Å²) >= 11 is 0. The first-order valence-electron chi connectivity index (χ1n) is 6.26. The van der Waals surface area contributed by atoms with Gasteiger partial charge in [0.15, 0.2) is 16.7 Å². The normalized spacial score (nSPS) is 11.5. The van der Waals surface area contributed by atoms with Gasteiger partial charge in [-0.05, 0) is 26.0 Å². The summed E-state index contributed by atoms with van der Waals surface area (Å²) in [6.45, 7) is 3.67. The Hall–Kier alpha value is -2.40. The summed E-state index contributed by atoms with van der Waals surface area (Å²) in [4.78, 5) is 3.73. The molecule has 1 aromatic carbocycles. The zero-order chi connectivity index (χ0) is 16.5. The minimum absolute atomic E-state index is 0.000153. The standard InChI is InChI=1S/C14H13F2N3O2S/c1-4-10-5-11(15)14(12(16)6-10)18-22(20,21)13-7-19(8-17-13)9(2)3/h1,5-9,18H,2-3H3. The molecule has 8 heteroatoms. The Morgan fingerprint density at radius 3 is 2.36 bits per heavy atom. The molecule has 0 amide bonds. The highest BCUT2D eigenvalue weighted by molar-refractivity contribution is 7.92. The lowest BCUT2D eigenvalue weighted by molar-refractivity contribution is 0.580. The van der Waals surface area contributed by atoms with Crippen LogP contribution in [0.1, 0.15) is 25.5 Å². The van der Waals surface area contributed by atoms with Gasteiger partial charge in [-0.15, -0.1) is 6.42 Å². The number of hydrogen-bond donors (Lipinski definition) is 1. The zero-order valence-corrected chi connectivity index (χ0v) is 12.7. The summed E-state index contributed by atoms with van der Waals surface area (Å²) in [5.74, 6) is -0.122. The number of rotatable bonds is 4. The van der Waals surface area contributed by atoms with E-state index < -0.39 is 27.3 Å². The molecule has 0 atom stereocenters. The fourth-order valence-electron chi connectivity index (χ4n) is 1.68. The van der Waals surface area contributed by atoms with Gasteiger partial charge in [0.25, 0.3) is 10.0 Å². The number of halogens is 2. The highest BCUT2D eigenvalue weighted by Gasteiger charge is 2.22. The molecule has 0 aliphatic carbocycles. The number of benzene rings is 1. The van der Waals surface area contributed by atoms with Gasteiger partial charge in [0, 0.05) is 17.8 Å². The molecule has 2 rings (SSSR count). The van der Waals surface area contributed by atoms with Gasteiger partial charge in [-0.25, -0.2) is 13.8 Å². The summed E-state index contributed by atoms with van der Waals surface area (Å²) in [6.07, 6.45) is 7.66. The average molecular weight is 325 g/mol. The number of nitrogens with one attached hydrogen (secondary N) is 1. The summed E-state index contributed by atoms with van der Waals surface area (Å²) in [6, 6.07) is 1.74. The number of hydrogen-bond acceptors (Lipinski definition) is 3. The van der Waals surface area contributed by atoms with Crippen LogP contribution in [-0.2, 0) is 10.0 Å². The van der Waals surface area contributed by atoms with Gasteiger partial charge in [-0.3, -0.25) is 4.72 Å². The van der Waals surface area contributed by atoms with Crippen molar-refractivity contribution in [2.75, 3.05) is 4.72 Å². The van der Waals surface area contributed by atoms with Crippen LogP contribution in [0, 0.1) is 24.0 Å². The van der Waals surface area contributed by atoms with Crippen LogP contribution in [0.25, 0.3) is 0 Å². The lowest BCUT2D eigenvalue weighted by Crippen LogP contribution is -2.16. The van der Waals surface area contributed by atoms with E-state index in [1.165, 1.54) is 12.5 Å². The molecule has 0 saturated heterocycles. The molecule has 22 heavy (non-hydrogen) atoms. The average Bonchev–Trinajstić information content (AvgIpc) is 2.93. The van der Waals surface area contributed by atoms with Crippen molar-refractivity contribution in [2.24, 2.45) is 0 Å². The number of aromatic nitrogens is 2. The Kier molecular flexibility index (Phi) is 4.19. The molecule has 0 spiro atoms. The third kappa shape index (κ3) is 3.09. The van der Waals surface area contributed by atoms with E-state index in [1.54, 1.807) is 4.57 Å². The molecule has 116 valence electrons. The highest BCUT2D eigenvalue weighted by Crippen LogP contribution is 2.23. The van der Waals surface area contributed by atoms with Crippen molar-refractivity contribution in [2.45, 2.75) is 24.9 Å². The van der Waals surface area contributed by atoms with Gasteiger partial charge in [-0.1, -0.05) is 5.92 Å². The molecular formula is C14H13F2N3O2S. The van der Waals surface area contributed by atoms with Gasteiger partial charge in [0.2, 0.25) is 0 Å².